The quantitative estimate of drug-likeness (QED) is 0.582. The zero-order valence-electron chi connectivity index (χ0n) is 13.9. The molecular weight excluding hydrogens is 260 g/mol. The Balaban J connectivity index is 2.41. The van der Waals surface area contributed by atoms with E-state index < -0.39 is 64.0 Å². The zero-order chi connectivity index (χ0) is 18.0. The Kier molecular flexibility index (Phi) is 1.61. The van der Waals surface area contributed by atoms with E-state index in [1.807, 2.05) is 0 Å². The third-order valence-corrected chi connectivity index (χ3v) is 3.07. The summed E-state index contributed by atoms with van der Waals surface area (Å²) < 4.78 is 30.1. The Bertz CT molecular complexity index is 931. The van der Waals surface area contributed by atoms with Crippen LogP contribution in [0, 0.1) is 6.85 Å². The number of hydrogen-bond acceptors (Lipinski definition) is 5. The second-order valence-corrected chi connectivity index (χ2v) is 4.36. The molecule has 0 atom stereocenters. The van der Waals surface area contributed by atoms with Crippen LogP contribution < -0.4 is 0 Å². The van der Waals surface area contributed by atoms with Crippen molar-refractivity contribution >= 4 is 11.6 Å². The first-order valence-corrected chi connectivity index (χ1v) is 5.56. The number of rotatable bonds is 0. The van der Waals surface area contributed by atoms with E-state index in [0.717, 1.165) is 18.2 Å². The maximum absolute atomic E-state index is 12.6. The van der Waals surface area contributed by atoms with Crippen molar-refractivity contribution < 1.29 is 30.4 Å². The zero-order valence-corrected chi connectivity index (χ0v) is 9.89. The molecule has 100 valence electrons. The molecule has 1 aliphatic carbocycles. The maximum Gasteiger partial charge on any atom is 0.201 e. The molecule has 2 aromatic rings. The van der Waals surface area contributed by atoms with Crippen LogP contribution in [-0.2, 0) is 0 Å². The van der Waals surface area contributed by atoms with E-state index in [4.69, 9.17) is 5.48 Å². The van der Waals surface area contributed by atoms with E-state index in [0.29, 0.717) is 0 Å². The van der Waals surface area contributed by atoms with Crippen LogP contribution in [0.2, 0.25) is 0 Å². The summed E-state index contributed by atoms with van der Waals surface area (Å²) in [5.41, 5.74) is -2.45. The van der Waals surface area contributed by atoms with Crippen LogP contribution in [0.4, 0.5) is 0 Å². The van der Waals surface area contributed by atoms with Crippen molar-refractivity contribution in [2.24, 2.45) is 0 Å². The Labute approximate surface area is 119 Å². The van der Waals surface area contributed by atoms with Gasteiger partial charge in [-0.1, -0.05) is 0 Å². The molecule has 0 amide bonds. The van der Waals surface area contributed by atoms with Gasteiger partial charge in [0, 0.05) is 21.3 Å². The number of phenolic OH excluding ortho intramolecular Hbond substituents is 3. The van der Waals surface area contributed by atoms with Crippen molar-refractivity contribution in [1.82, 2.24) is 0 Å². The summed E-state index contributed by atoms with van der Waals surface area (Å²) in [6, 6.07) is 1.86. The van der Waals surface area contributed by atoms with Crippen molar-refractivity contribution in [3.63, 3.8) is 0 Å². The Hall–Kier alpha value is -2.82. The molecule has 0 spiro atoms. The molecule has 2 aromatic carbocycles. The second-order valence-electron chi connectivity index (χ2n) is 4.36. The van der Waals surface area contributed by atoms with Crippen LogP contribution in [0.25, 0.3) is 0 Å². The first kappa shape index (κ1) is 8.37. The molecule has 1 aliphatic rings. The monoisotopic (exact) mass is 274 g/mol. The highest BCUT2D eigenvalue weighted by Gasteiger charge is 2.34. The number of aryl methyl sites for hydroxylation is 1. The largest absolute Gasteiger partial charge is 0.508 e. The summed E-state index contributed by atoms with van der Waals surface area (Å²) in [7, 11) is 0. The molecule has 3 rings (SSSR count). The van der Waals surface area contributed by atoms with Gasteiger partial charge in [0.1, 0.15) is 17.2 Å². The Morgan fingerprint density at radius 1 is 0.950 bits per heavy atom. The van der Waals surface area contributed by atoms with Crippen molar-refractivity contribution in [3.8, 4) is 17.2 Å². The van der Waals surface area contributed by atoms with Crippen molar-refractivity contribution in [2.45, 2.75) is 6.85 Å². The lowest BCUT2D eigenvalue weighted by Gasteiger charge is -2.19. The van der Waals surface area contributed by atoms with Gasteiger partial charge in [-0.2, -0.15) is 0 Å². The first-order chi connectivity index (χ1) is 11.0. The van der Waals surface area contributed by atoms with Gasteiger partial charge in [-0.15, -0.1) is 0 Å². The van der Waals surface area contributed by atoms with Gasteiger partial charge in [0.15, 0.2) is 5.78 Å². The average molecular weight is 274 g/mol. The molecule has 0 bridgehead atoms. The molecule has 3 N–H and O–H groups in total. The molecule has 0 saturated heterocycles. The van der Waals surface area contributed by atoms with E-state index in [-0.39, 0.29) is 5.56 Å². The highest BCUT2D eigenvalue weighted by molar-refractivity contribution is 6.30. The van der Waals surface area contributed by atoms with Gasteiger partial charge in [-0.25, -0.2) is 0 Å². The minimum absolute atomic E-state index is 0.361. The average Bonchev–Trinajstić information content (AvgIpc) is 2.44. The fourth-order valence-corrected chi connectivity index (χ4v) is 2.26. The van der Waals surface area contributed by atoms with Gasteiger partial charge < -0.3 is 15.3 Å². The predicted molar refractivity (Wildman–Crippen MR) is 69.5 cm³/mol. The Morgan fingerprint density at radius 2 is 1.60 bits per heavy atom. The molecule has 5 nitrogen and oxygen atoms in total. The Morgan fingerprint density at radius 3 is 2.30 bits per heavy atom. The highest BCUT2D eigenvalue weighted by Crippen LogP contribution is 2.38. The number of hydrogen-bond donors (Lipinski definition) is 3. The molecule has 0 saturated carbocycles. The molecular formula is C15H10O5. The summed E-state index contributed by atoms with van der Waals surface area (Å²) in [5, 5.41) is 29.4. The molecule has 0 fully saturated rings. The highest BCUT2D eigenvalue weighted by atomic mass is 16.3. The molecule has 0 radical (unpaired) electrons. The van der Waals surface area contributed by atoms with E-state index in [2.05, 4.69) is 0 Å². The van der Waals surface area contributed by atoms with Crippen LogP contribution in [-0.4, -0.2) is 26.9 Å². The van der Waals surface area contributed by atoms with E-state index >= 15 is 0 Å². The van der Waals surface area contributed by atoms with Crippen molar-refractivity contribution in [2.75, 3.05) is 0 Å². The lowest BCUT2D eigenvalue weighted by Crippen LogP contribution is -2.21. The van der Waals surface area contributed by atoms with Gasteiger partial charge in [0.05, 0.1) is 12.5 Å². The number of fused-ring (bicyclic) bond motifs is 2. The molecule has 0 aliphatic heterocycles. The topological polar surface area (TPSA) is 94.8 Å². The molecule has 5 heteroatoms. The number of aromatic hydroxyl groups is 3. The van der Waals surface area contributed by atoms with Crippen LogP contribution in [0.5, 0.6) is 17.2 Å². The lowest BCUT2D eigenvalue weighted by molar-refractivity contribution is 0.0974. The summed E-state index contributed by atoms with van der Waals surface area (Å²) in [5.74, 6) is -3.75. The van der Waals surface area contributed by atoms with Crippen LogP contribution in [0.3, 0.4) is 0 Å². The van der Waals surface area contributed by atoms with E-state index in [9.17, 15) is 24.9 Å². The summed E-state index contributed by atoms with van der Waals surface area (Å²) >= 11 is 0. The smallest absolute Gasteiger partial charge is 0.201 e. The summed E-state index contributed by atoms with van der Waals surface area (Å²) in [4.78, 5) is 25.2. The third-order valence-electron chi connectivity index (χ3n) is 3.07. The molecule has 0 aromatic heterocycles. The SMILES string of the molecule is [2H]c1c(C([2H])([2H])[2H])cc(O)c2c1C(=O)c1cc(O)cc(O)c1C2=O. The van der Waals surface area contributed by atoms with Gasteiger partial charge >= 0.3 is 0 Å². The number of benzene rings is 2. The fraction of sp³-hybridized carbons (Fsp3) is 0.0667. The number of carbonyl (C=O) groups excluding carboxylic acids is 2. The van der Waals surface area contributed by atoms with Gasteiger partial charge in [-0.3, -0.25) is 9.59 Å². The summed E-state index contributed by atoms with van der Waals surface area (Å²) in [6.45, 7) is -2.77. The van der Waals surface area contributed by atoms with Crippen molar-refractivity contribution in [1.29, 1.82) is 0 Å². The fourth-order valence-electron chi connectivity index (χ4n) is 2.26. The van der Waals surface area contributed by atoms with Crippen LogP contribution in [0.1, 0.15) is 42.9 Å². The number of carbonyl (C=O) groups is 2. The minimum Gasteiger partial charge on any atom is -0.508 e. The second kappa shape index (κ2) is 3.84. The van der Waals surface area contributed by atoms with E-state index in [1.54, 1.807) is 0 Å². The van der Waals surface area contributed by atoms with Crippen LogP contribution >= 0.6 is 0 Å². The van der Waals surface area contributed by atoms with Crippen LogP contribution in [0.15, 0.2) is 24.2 Å². The lowest BCUT2D eigenvalue weighted by atomic mass is 9.82. The molecule has 0 unspecified atom stereocenters. The predicted octanol–water partition coefficient (Wildman–Crippen LogP) is 1.89. The normalized spacial score (nSPS) is 16.6. The van der Waals surface area contributed by atoms with Crippen molar-refractivity contribution in [3.05, 3.63) is 52.1 Å². The van der Waals surface area contributed by atoms with Gasteiger partial charge in [0.2, 0.25) is 5.78 Å². The molecule has 0 heterocycles. The number of ketones is 2. The minimum atomic E-state index is -2.77. The first-order valence-electron chi connectivity index (χ1n) is 7.56. The van der Waals surface area contributed by atoms with Gasteiger partial charge in [0.25, 0.3) is 0 Å². The molecule has 20 heavy (non-hydrogen) atoms. The standard InChI is InChI=1S/C15H10O5/c1-6-2-8-12(10(17)3-6)15(20)13-9(14(8)19)4-7(16)5-11(13)18/h2-5,16-18H,1H3/i1D3,2D. The third kappa shape index (κ3) is 1.50. The maximum atomic E-state index is 12.6. The number of phenols is 3. The van der Waals surface area contributed by atoms with E-state index in [1.165, 1.54) is 0 Å². The van der Waals surface area contributed by atoms with Gasteiger partial charge in [-0.05, 0) is 30.6 Å². The summed E-state index contributed by atoms with van der Waals surface area (Å²) in [6.07, 6.45) is 0.